The third kappa shape index (κ3) is 3.23. The van der Waals surface area contributed by atoms with Gasteiger partial charge in [-0.15, -0.1) is 0 Å². The van der Waals surface area contributed by atoms with Crippen LogP contribution in [0.2, 0.25) is 5.02 Å². The Labute approximate surface area is 142 Å². The zero-order chi connectivity index (χ0) is 17.3. The van der Waals surface area contributed by atoms with E-state index in [0.29, 0.717) is 6.54 Å². The molecule has 0 spiro atoms. The van der Waals surface area contributed by atoms with Gasteiger partial charge in [-0.2, -0.15) is 0 Å². The van der Waals surface area contributed by atoms with E-state index in [4.69, 9.17) is 11.6 Å². The molecule has 0 radical (unpaired) electrons. The van der Waals surface area contributed by atoms with Crippen LogP contribution in [0.25, 0.3) is 0 Å². The van der Waals surface area contributed by atoms with Gasteiger partial charge in [0.25, 0.3) is 11.6 Å². The van der Waals surface area contributed by atoms with Gasteiger partial charge in [0, 0.05) is 23.6 Å². The number of nitro benzene ring substituents is 1. The van der Waals surface area contributed by atoms with Crippen molar-refractivity contribution in [3.8, 4) is 0 Å². The number of nitro groups is 1. The molecule has 1 aliphatic carbocycles. The summed E-state index contributed by atoms with van der Waals surface area (Å²) in [5.74, 6) is -0.699. The van der Waals surface area contributed by atoms with E-state index in [0.717, 1.165) is 24.5 Å². The lowest BCUT2D eigenvalue weighted by molar-refractivity contribution is -0.384. The second kappa shape index (κ2) is 6.20. The molecule has 24 heavy (non-hydrogen) atoms. The Morgan fingerprint density at radius 2 is 1.92 bits per heavy atom. The number of nitrogens with one attached hydrogen (secondary N) is 1. The molecule has 0 bridgehead atoms. The van der Waals surface area contributed by atoms with Crippen LogP contribution in [0.5, 0.6) is 0 Å². The molecule has 124 valence electrons. The van der Waals surface area contributed by atoms with E-state index in [1.807, 2.05) is 0 Å². The van der Waals surface area contributed by atoms with Gasteiger partial charge >= 0.3 is 0 Å². The Morgan fingerprint density at radius 3 is 2.50 bits per heavy atom. The van der Waals surface area contributed by atoms with Crippen LogP contribution in [0, 0.1) is 15.9 Å². The van der Waals surface area contributed by atoms with Crippen molar-refractivity contribution < 1.29 is 14.1 Å². The number of benzene rings is 2. The molecule has 0 aliphatic heterocycles. The minimum absolute atomic E-state index is 0.0125. The Kier molecular flexibility index (Phi) is 4.24. The molecule has 0 atom stereocenters. The molecule has 1 N–H and O–H groups in total. The molecule has 1 saturated carbocycles. The van der Waals surface area contributed by atoms with Crippen LogP contribution in [0.15, 0.2) is 42.5 Å². The average molecular weight is 349 g/mol. The summed E-state index contributed by atoms with van der Waals surface area (Å²) in [6.07, 6.45) is 1.80. The van der Waals surface area contributed by atoms with Crippen molar-refractivity contribution in [1.29, 1.82) is 0 Å². The van der Waals surface area contributed by atoms with Crippen LogP contribution in [-0.2, 0) is 5.41 Å². The lowest BCUT2D eigenvalue weighted by atomic mass is 9.96. The van der Waals surface area contributed by atoms with E-state index in [1.165, 1.54) is 24.3 Å². The van der Waals surface area contributed by atoms with Gasteiger partial charge in [-0.3, -0.25) is 14.9 Å². The van der Waals surface area contributed by atoms with Crippen molar-refractivity contribution in [2.24, 2.45) is 0 Å². The molecule has 1 aliphatic rings. The van der Waals surface area contributed by atoms with Crippen LogP contribution in [-0.4, -0.2) is 17.4 Å². The predicted molar refractivity (Wildman–Crippen MR) is 87.8 cm³/mol. The molecule has 1 fully saturated rings. The summed E-state index contributed by atoms with van der Waals surface area (Å²) in [7, 11) is 0. The maximum absolute atomic E-state index is 13.0. The number of carbonyl (C=O) groups excluding carboxylic acids is 1. The summed E-state index contributed by atoms with van der Waals surface area (Å²) in [4.78, 5) is 22.5. The number of halogens is 2. The van der Waals surface area contributed by atoms with Crippen LogP contribution < -0.4 is 5.32 Å². The summed E-state index contributed by atoms with van der Waals surface area (Å²) >= 11 is 5.74. The highest BCUT2D eigenvalue weighted by Gasteiger charge is 2.44. The van der Waals surface area contributed by atoms with Crippen molar-refractivity contribution in [3.63, 3.8) is 0 Å². The van der Waals surface area contributed by atoms with Crippen molar-refractivity contribution in [2.75, 3.05) is 6.54 Å². The summed E-state index contributed by atoms with van der Waals surface area (Å²) in [5, 5.41) is 13.7. The molecular formula is C17H14ClFN2O3. The lowest BCUT2D eigenvalue weighted by Gasteiger charge is -2.16. The maximum Gasteiger partial charge on any atom is 0.288 e. The Hall–Kier alpha value is -2.47. The third-order valence-electron chi connectivity index (χ3n) is 4.30. The molecule has 3 rings (SSSR count). The highest BCUT2D eigenvalue weighted by molar-refractivity contribution is 6.32. The first-order valence-electron chi connectivity index (χ1n) is 7.39. The standard InChI is InChI=1S/C17H14ClFN2O3/c18-14-6-1-11(9-15(14)21(23)24)16(22)20-10-17(7-8-17)12-2-4-13(19)5-3-12/h1-6,9H,7-8,10H2,(H,20,22). The van der Waals surface area contributed by atoms with E-state index >= 15 is 0 Å². The van der Waals surface area contributed by atoms with E-state index in [-0.39, 0.29) is 27.5 Å². The van der Waals surface area contributed by atoms with Crippen LogP contribution in [0.1, 0.15) is 28.8 Å². The molecule has 0 heterocycles. The zero-order valence-corrected chi connectivity index (χ0v) is 13.3. The SMILES string of the molecule is O=C(NCC1(c2ccc(F)cc2)CC1)c1ccc(Cl)c([N+](=O)[O-])c1. The molecule has 5 nitrogen and oxygen atoms in total. The highest BCUT2D eigenvalue weighted by atomic mass is 35.5. The second-order valence-corrected chi connectivity index (χ2v) is 6.30. The van der Waals surface area contributed by atoms with Gasteiger partial charge in [0.15, 0.2) is 0 Å². The molecular weight excluding hydrogens is 335 g/mol. The molecule has 0 unspecified atom stereocenters. The van der Waals surface area contributed by atoms with Gasteiger partial charge in [0.2, 0.25) is 0 Å². The second-order valence-electron chi connectivity index (χ2n) is 5.89. The van der Waals surface area contributed by atoms with Crippen molar-refractivity contribution in [1.82, 2.24) is 5.32 Å². The van der Waals surface area contributed by atoms with Gasteiger partial charge in [-0.25, -0.2) is 4.39 Å². The van der Waals surface area contributed by atoms with Gasteiger partial charge in [0.1, 0.15) is 10.8 Å². The smallest absolute Gasteiger partial charge is 0.288 e. The fraction of sp³-hybridized carbons (Fsp3) is 0.235. The fourth-order valence-electron chi connectivity index (χ4n) is 2.67. The molecule has 7 heteroatoms. The van der Waals surface area contributed by atoms with Crippen molar-refractivity contribution in [2.45, 2.75) is 18.3 Å². The van der Waals surface area contributed by atoms with Gasteiger partial charge in [-0.1, -0.05) is 23.7 Å². The summed E-state index contributed by atoms with van der Waals surface area (Å²) < 4.78 is 13.0. The van der Waals surface area contributed by atoms with Crippen LogP contribution in [0.3, 0.4) is 0 Å². The molecule has 0 aromatic heterocycles. The molecule has 2 aromatic rings. The Morgan fingerprint density at radius 1 is 1.25 bits per heavy atom. The summed E-state index contributed by atoms with van der Waals surface area (Å²) in [5.41, 5.74) is 0.679. The zero-order valence-electron chi connectivity index (χ0n) is 12.6. The van der Waals surface area contributed by atoms with Crippen molar-refractivity contribution in [3.05, 3.63) is 74.5 Å². The molecule has 0 saturated heterocycles. The largest absolute Gasteiger partial charge is 0.351 e. The quantitative estimate of drug-likeness (QED) is 0.659. The minimum atomic E-state index is -0.625. The summed E-state index contributed by atoms with van der Waals surface area (Å²) in [6, 6.07) is 10.2. The van der Waals surface area contributed by atoms with Gasteiger partial charge in [-0.05, 0) is 42.7 Å². The average Bonchev–Trinajstić information content (AvgIpc) is 3.34. The first-order valence-corrected chi connectivity index (χ1v) is 7.77. The van der Waals surface area contributed by atoms with E-state index < -0.39 is 10.8 Å². The van der Waals surface area contributed by atoms with Crippen LogP contribution >= 0.6 is 11.6 Å². The highest BCUT2D eigenvalue weighted by Crippen LogP contribution is 2.47. The number of hydrogen-bond acceptors (Lipinski definition) is 3. The molecule has 2 aromatic carbocycles. The normalized spacial score (nSPS) is 14.9. The van der Waals surface area contributed by atoms with E-state index in [2.05, 4.69) is 5.32 Å². The van der Waals surface area contributed by atoms with Crippen molar-refractivity contribution >= 4 is 23.2 Å². The third-order valence-corrected chi connectivity index (χ3v) is 4.62. The number of nitrogens with zero attached hydrogens (tertiary/aromatic N) is 1. The lowest BCUT2D eigenvalue weighted by Crippen LogP contribution is -2.32. The summed E-state index contributed by atoms with van der Waals surface area (Å²) in [6.45, 7) is 0.397. The first kappa shape index (κ1) is 16.4. The van der Waals surface area contributed by atoms with Gasteiger partial charge < -0.3 is 5.32 Å². The van der Waals surface area contributed by atoms with Crippen LogP contribution in [0.4, 0.5) is 10.1 Å². The minimum Gasteiger partial charge on any atom is -0.351 e. The monoisotopic (exact) mass is 348 g/mol. The Balaban J connectivity index is 1.71. The van der Waals surface area contributed by atoms with Gasteiger partial charge in [0.05, 0.1) is 4.92 Å². The topological polar surface area (TPSA) is 72.2 Å². The van der Waals surface area contributed by atoms with E-state index in [1.54, 1.807) is 12.1 Å². The maximum atomic E-state index is 13.0. The predicted octanol–water partition coefficient (Wildman–Crippen LogP) is 3.85. The Bertz CT molecular complexity index is 804. The molecule has 1 amide bonds. The fourth-order valence-corrected chi connectivity index (χ4v) is 2.85. The number of hydrogen-bond donors (Lipinski definition) is 1. The van der Waals surface area contributed by atoms with E-state index in [9.17, 15) is 19.3 Å². The first-order chi connectivity index (χ1) is 11.4. The number of carbonyl (C=O) groups is 1. The number of amides is 1. The number of rotatable bonds is 5.